The Kier molecular flexibility index (Phi) is 4.38. The maximum Gasteiger partial charge on any atom is 0.117 e. The van der Waals surface area contributed by atoms with Crippen molar-refractivity contribution >= 4 is 28.9 Å². The summed E-state index contributed by atoms with van der Waals surface area (Å²) in [6.07, 6.45) is 2.91. The van der Waals surface area contributed by atoms with Gasteiger partial charge in [-0.25, -0.2) is 0 Å². The third-order valence-electron chi connectivity index (χ3n) is 2.91. The van der Waals surface area contributed by atoms with Crippen LogP contribution in [0.2, 0.25) is 10.0 Å². The van der Waals surface area contributed by atoms with Crippen LogP contribution in [0.15, 0.2) is 24.4 Å². The molecule has 5 heteroatoms. The Bertz CT molecular complexity index is 576. The molecular weight excluding hydrogens is 281 g/mol. The van der Waals surface area contributed by atoms with Gasteiger partial charge < -0.3 is 5.73 Å². The van der Waals surface area contributed by atoms with Crippen LogP contribution in [0.4, 0.5) is 5.69 Å². The van der Waals surface area contributed by atoms with Crippen LogP contribution >= 0.6 is 23.2 Å². The molecule has 0 aliphatic heterocycles. The highest BCUT2D eigenvalue weighted by atomic mass is 35.5. The van der Waals surface area contributed by atoms with Crippen LogP contribution in [-0.2, 0) is 6.54 Å². The third kappa shape index (κ3) is 3.43. The maximum atomic E-state index is 6.18. The average Bonchev–Trinajstić information content (AvgIpc) is 2.68. The first-order chi connectivity index (χ1) is 8.97. The molecule has 3 nitrogen and oxygen atoms in total. The summed E-state index contributed by atoms with van der Waals surface area (Å²) in [4.78, 5) is 0. The highest BCUT2D eigenvalue weighted by Crippen LogP contribution is 2.32. The summed E-state index contributed by atoms with van der Waals surface area (Å²) in [7, 11) is 0. The smallest absolute Gasteiger partial charge is 0.117 e. The van der Waals surface area contributed by atoms with E-state index in [1.165, 1.54) is 0 Å². The van der Waals surface area contributed by atoms with Crippen LogP contribution in [-0.4, -0.2) is 9.78 Å². The molecule has 1 heterocycles. The standard InChI is InChI=1S/C14H17Cl2N3/c1-9(2)5-6-19-8-13(17)14(18-19)11-4-3-10(15)7-12(11)16/h3-4,7-9H,5-6,17H2,1-2H3. The first kappa shape index (κ1) is 14.2. The molecule has 2 N–H and O–H groups in total. The molecule has 1 aromatic carbocycles. The summed E-state index contributed by atoms with van der Waals surface area (Å²) in [5.74, 6) is 0.632. The van der Waals surface area contributed by atoms with E-state index in [1.54, 1.807) is 12.1 Å². The third-order valence-corrected chi connectivity index (χ3v) is 3.46. The fraction of sp³-hybridized carbons (Fsp3) is 0.357. The molecule has 0 radical (unpaired) electrons. The predicted octanol–water partition coefficient (Wildman–Crippen LogP) is 4.49. The summed E-state index contributed by atoms with van der Waals surface area (Å²) in [5.41, 5.74) is 8.17. The van der Waals surface area contributed by atoms with E-state index >= 15 is 0 Å². The molecular formula is C14H17Cl2N3. The number of nitrogen functional groups attached to an aromatic ring is 1. The Morgan fingerprint density at radius 3 is 2.68 bits per heavy atom. The molecule has 19 heavy (non-hydrogen) atoms. The van der Waals surface area contributed by atoms with Crippen LogP contribution in [0.3, 0.4) is 0 Å². The van der Waals surface area contributed by atoms with Gasteiger partial charge in [-0.15, -0.1) is 0 Å². The number of nitrogens with zero attached hydrogens (tertiary/aromatic N) is 2. The number of anilines is 1. The van der Waals surface area contributed by atoms with Crippen molar-refractivity contribution in [1.82, 2.24) is 9.78 Å². The highest BCUT2D eigenvalue weighted by molar-refractivity contribution is 6.36. The molecule has 0 atom stereocenters. The minimum atomic E-state index is 0.563. The van der Waals surface area contributed by atoms with Crippen LogP contribution in [0.1, 0.15) is 20.3 Å². The molecule has 0 spiro atoms. The predicted molar refractivity (Wildman–Crippen MR) is 81.6 cm³/mol. The number of benzene rings is 1. The van der Waals surface area contributed by atoms with Crippen molar-refractivity contribution in [2.45, 2.75) is 26.8 Å². The minimum Gasteiger partial charge on any atom is -0.396 e. The lowest BCUT2D eigenvalue weighted by Gasteiger charge is -2.04. The molecule has 0 fully saturated rings. The van der Waals surface area contributed by atoms with Crippen molar-refractivity contribution in [3.8, 4) is 11.3 Å². The second-order valence-electron chi connectivity index (χ2n) is 5.00. The van der Waals surface area contributed by atoms with Crippen molar-refractivity contribution in [2.75, 3.05) is 5.73 Å². The summed E-state index contributed by atoms with van der Waals surface area (Å²) in [5, 5.41) is 5.67. The first-order valence-electron chi connectivity index (χ1n) is 6.25. The largest absolute Gasteiger partial charge is 0.396 e. The normalized spacial score (nSPS) is 11.2. The zero-order valence-electron chi connectivity index (χ0n) is 11.0. The monoisotopic (exact) mass is 297 g/mol. The molecule has 1 aromatic heterocycles. The van der Waals surface area contributed by atoms with E-state index in [1.807, 2.05) is 16.9 Å². The number of nitrogens with two attached hydrogens (primary N) is 1. The molecule has 0 saturated heterocycles. The van der Waals surface area contributed by atoms with E-state index in [0.29, 0.717) is 27.3 Å². The number of hydrogen-bond donors (Lipinski definition) is 1. The lowest BCUT2D eigenvalue weighted by Crippen LogP contribution is -2.02. The molecule has 0 aliphatic rings. The molecule has 0 amide bonds. The Morgan fingerprint density at radius 1 is 1.32 bits per heavy atom. The Hall–Kier alpha value is -1.19. The van der Waals surface area contributed by atoms with Gasteiger partial charge in [-0.3, -0.25) is 4.68 Å². The molecule has 0 saturated carbocycles. The van der Waals surface area contributed by atoms with Gasteiger partial charge in [0.15, 0.2) is 0 Å². The van der Waals surface area contributed by atoms with Crippen LogP contribution < -0.4 is 5.73 Å². The Morgan fingerprint density at radius 2 is 2.05 bits per heavy atom. The van der Waals surface area contributed by atoms with Gasteiger partial charge in [0.05, 0.1) is 10.7 Å². The fourth-order valence-corrected chi connectivity index (χ4v) is 2.33. The zero-order chi connectivity index (χ0) is 14.0. The SMILES string of the molecule is CC(C)CCn1cc(N)c(-c2ccc(Cl)cc2Cl)n1. The number of hydrogen-bond acceptors (Lipinski definition) is 2. The Balaban J connectivity index is 2.29. The van der Waals surface area contributed by atoms with Gasteiger partial charge in [-0.1, -0.05) is 37.0 Å². The lowest BCUT2D eigenvalue weighted by molar-refractivity contribution is 0.488. The summed E-state index contributed by atoms with van der Waals surface area (Å²) in [6, 6.07) is 5.33. The number of aromatic nitrogens is 2. The number of aryl methyl sites for hydroxylation is 1. The van der Waals surface area contributed by atoms with Gasteiger partial charge in [0, 0.05) is 23.3 Å². The van der Waals surface area contributed by atoms with Gasteiger partial charge in [0.25, 0.3) is 0 Å². The van der Waals surface area contributed by atoms with Crippen molar-refractivity contribution in [3.05, 3.63) is 34.4 Å². The van der Waals surface area contributed by atoms with Gasteiger partial charge >= 0.3 is 0 Å². The number of rotatable bonds is 4. The van der Waals surface area contributed by atoms with Crippen molar-refractivity contribution in [3.63, 3.8) is 0 Å². The van der Waals surface area contributed by atoms with E-state index < -0.39 is 0 Å². The quantitative estimate of drug-likeness (QED) is 0.904. The van der Waals surface area contributed by atoms with Crippen LogP contribution in [0.5, 0.6) is 0 Å². The second kappa shape index (κ2) is 5.85. The van der Waals surface area contributed by atoms with E-state index in [2.05, 4.69) is 18.9 Å². The van der Waals surface area contributed by atoms with Crippen LogP contribution in [0, 0.1) is 5.92 Å². The number of halogens is 2. The van der Waals surface area contributed by atoms with Crippen molar-refractivity contribution in [2.24, 2.45) is 5.92 Å². The summed E-state index contributed by atoms with van der Waals surface area (Å²) < 4.78 is 1.87. The van der Waals surface area contributed by atoms with Gasteiger partial charge in [-0.05, 0) is 30.5 Å². The molecule has 0 aliphatic carbocycles. The second-order valence-corrected chi connectivity index (χ2v) is 5.85. The maximum absolute atomic E-state index is 6.18. The molecule has 0 unspecified atom stereocenters. The van der Waals surface area contributed by atoms with E-state index in [4.69, 9.17) is 28.9 Å². The summed E-state index contributed by atoms with van der Waals surface area (Å²) in [6.45, 7) is 5.22. The van der Waals surface area contributed by atoms with Gasteiger partial charge in [0.1, 0.15) is 5.69 Å². The van der Waals surface area contributed by atoms with E-state index in [-0.39, 0.29) is 0 Å². The fourth-order valence-electron chi connectivity index (χ4n) is 1.83. The van der Waals surface area contributed by atoms with Gasteiger partial charge in [-0.2, -0.15) is 5.10 Å². The average molecular weight is 298 g/mol. The Labute approximate surface area is 123 Å². The molecule has 102 valence electrons. The van der Waals surface area contributed by atoms with Crippen molar-refractivity contribution in [1.29, 1.82) is 0 Å². The first-order valence-corrected chi connectivity index (χ1v) is 7.01. The van der Waals surface area contributed by atoms with E-state index in [0.717, 1.165) is 18.5 Å². The van der Waals surface area contributed by atoms with E-state index in [9.17, 15) is 0 Å². The molecule has 0 bridgehead atoms. The minimum absolute atomic E-state index is 0.563. The van der Waals surface area contributed by atoms with Gasteiger partial charge in [0.2, 0.25) is 0 Å². The van der Waals surface area contributed by atoms with Crippen LogP contribution in [0.25, 0.3) is 11.3 Å². The summed E-state index contributed by atoms with van der Waals surface area (Å²) >= 11 is 12.1. The zero-order valence-corrected chi connectivity index (χ0v) is 12.5. The molecule has 2 aromatic rings. The lowest BCUT2D eigenvalue weighted by atomic mass is 10.1. The topological polar surface area (TPSA) is 43.8 Å². The molecule has 2 rings (SSSR count). The van der Waals surface area contributed by atoms with Crippen molar-refractivity contribution < 1.29 is 0 Å². The highest BCUT2D eigenvalue weighted by Gasteiger charge is 2.12.